The van der Waals surface area contributed by atoms with Gasteiger partial charge >= 0.3 is 0 Å². The van der Waals surface area contributed by atoms with Gasteiger partial charge in [0.1, 0.15) is 0 Å². The van der Waals surface area contributed by atoms with E-state index in [0.29, 0.717) is 11.4 Å². The summed E-state index contributed by atoms with van der Waals surface area (Å²) in [7, 11) is -3.95. The van der Waals surface area contributed by atoms with Crippen molar-refractivity contribution in [1.82, 2.24) is 0 Å². The number of amides is 1. The molecule has 30 heavy (non-hydrogen) atoms. The highest BCUT2D eigenvalue weighted by atomic mass is 35.5. The van der Waals surface area contributed by atoms with Gasteiger partial charge in [-0.1, -0.05) is 54.1 Å². The van der Waals surface area contributed by atoms with Gasteiger partial charge in [-0.05, 0) is 48.9 Å². The second-order valence-electron chi connectivity index (χ2n) is 6.57. The first-order valence-corrected chi connectivity index (χ1v) is 11.0. The zero-order valence-electron chi connectivity index (χ0n) is 16.4. The maximum atomic E-state index is 13.3. The van der Waals surface area contributed by atoms with Crippen LogP contribution in [-0.4, -0.2) is 20.9 Å². The predicted octanol–water partition coefficient (Wildman–Crippen LogP) is 5.28. The third-order valence-corrected chi connectivity index (χ3v) is 6.62. The Morgan fingerprint density at radius 3 is 2.40 bits per heavy atom. The standard InChI is InChI=1S/C23H21ClN2O3S/c1-3-15-26(18-10-5-4-6-11-18)30(28,29)19-13-14-21(24)20(16-19)23(27)25-22-12-8-7-9-17(22)2/h3-14,16H,1,15H2,2H3,(H,25,27). The summed E-state index contributed by atoms with van der Waals surface area (Å²) in [5.74, 6) is -0.485. The Labute approximate surface area is 181 Å². The number of sulfonamides is 1. The molecule has 3 aromatic rings. The molecule has 3 rings (SSSR count). The maximum absolute atomic E-state index is 13.3. The predicted molar refractivity (Wildman–Crippen MR) is 122 cm³/mol. The molecule has 0 bridgehead atoms. The fraction of sp³-hybridized carbons (Fsp3) is 0.0870. The van der Waals surface area contributed by atoms with Crippen molar-refractivity contribution in [2.24, 2.45) is 0 Å². The van der Waals surface area contributed by atoms with Gasteiger partial charge in [-0.2, -0.15) is 0 Å². The number of para-hydroxylation sites is 2. The number of carbonyl (C=O) groups is 1. The van der Waals surface area contributed by atoms with Crippen molar-refractivity contribution in [3.63, 3.8) is 0 Å². The molecule has 5 nitrogen and oxygen atoms in total. The maximum Gasteiger partial charge on any atom is 0.264 e. The highest BCUT2D eigenvalue weighted by Crippen LogP contribution is 2.27. The normalized spacial score (nSPS) is 11.0. The van der Waals surface area contributed by atoms with E-state index in [-0.39, 0.29) is 22.0 Å². The van der Waals surface area contributed by atoms with Crippen LogP contribution in [-0.2, 0) is 10.0 Å². The van der Waals surface area contributed by atoms with Crippen molar-refractivity contribution < 1.29 is 13.2 Å². The molecule has 154 valence electrons. The first kappa shape index (κ1) is 21.6. The first-order chi connectivity index (χ1) is 14.3. The van der Waals surface area contributed by atoms with Crippen molar-refractivity contribution in [2.75, 3.05) is 16.2 Å². The van der Waals surface area contributed by atoms with E-state index < -0.39 is 15.9 Å². The molecule has 0 aliphatic heterocycles. The van der Waals surface area contributed by atoms with E-state index in [1.165, 1.54) is 28.6 Å². The Kier molecular flexibility index (Phi) is 6.59. The van der Waals surface area contributed by atoms with Crippen LogP contribution in [0.25, 0.3) is 0 Å². The van der Waals surface area contributed by atoms with E-state index >= 15 is 0 Å². The number of benzene rings is 3. The second kappa shape index (κ2) is 9.15. The lowest BCUT2D eigenvalue weighted by Gasteiger charge is -2.23. The Bertz CT molecular complexity index is 1180. The van der Waals surface area contributed by atoms with Crippen LogP contribution in [0.15, 0.2) is 90.3 Å². The zero-order chi connectivity index (χ0) is 21.7. The SMILES string of the molecule is C=CCN(c1ccccc1)S(=O)(=O)c1ccc(Cl)c(C(=O)Nc2ccccc2C)c1. The lowest BCUT2D eigenvalue weighted by atomic mass is 10.1. The average Bonchev–Trinajstić information content (AvgIpc) is 2.74. The van der Waals surface area contributed by atoms with E-state index in [1.54, 1.807) is 42.5 Å². The summed E-state index contributed by atoms with van der Waals surface area (Å²) in [5, 5.41) is 2.95. The van der Waals surface area contributed by atoms with Gasteiger partial charge in [0.25, 0.3) is 15.9 Å². The van der Waals surface area contributed by atoms with Gasteiger partial charge in [0.15, 0.2) is 0 Å². The van der Waals surface area contributed by atoms with Crippen molar-refractivity contribution in [3.05, 3.63) is 102 Å². The third-order valence-electron chi connectivity index (χ3n) is 4.50. The van der Waals surface area contributed by atoms with Gasteiger partial charge in [-0.25, -0.2) is 8.42 Å². The Hall–Kier alpha value is -3.09. The van der Waals surface area contributed by atoms with Gasteiger partial charge in [-0.3, -0.25) is 9.10 Å². The van der Waals surface area contributed by atoms with Gasteiger partial charge in [0, 0.05) is 5.69 Å². The fourth-order valence-corrected chi connectivity index (χ4v) is 4.59. The number of rotatable bonds is 7. The molecule has 0 aliphatic carbocycles. The number of aryl methyl sites for hydroxylation is 1. The van der Waals surface area contributed by atoms with Crippen molar-refractivity contribution in [3.8, 4) is 0 Å². The largest absolute Gasteiger partial charge is 0.322 e. The molecular weight excluding hydrogens is 420 g/mol. The Balaban J connectivity index is 1.99. The van der Waals surface area contributed by atoms with Gasteiger partial charge in [0.05, 0.1) is 27.7 Å². The molecule has 0 unspecified atom stereocenters. The zero-order valence-corrected chi connectivity index (χ0v) is 18.0. The van der Waals surface area contributed by atoms with Gasteiger partial charge < -0.3 is 5.32 Å². The molecule has 0 radical (unpaired) electrons. The molecule has 1 N–H and O–H groups in total. The minimum absolute atomic E-state index is 0.0347. The smallest absolute Gasteiger partial charge is 0.264 e. The summed E-state index contributed by atoms with van der Waals surface area (Å²) >= 11 is 6.22. The lowest BCUT2D eigenvalue weighted by molar-refractivity contribution is 0.102. The third kappa shape index (κ3) is 4.56. The Morgan fingerprint density at radius 1 is 1.07 bits per heavy atom. The second-order valence-corrected chi connectivity index (χ2v) is 8.84. The van der Waals surface area contributed by atoms with Crippen LogP contribution in [0.4, 0.5) is 11.4 Å². The molecule has 0 spiro atoms. The van der Waals surface area contributed by atoms with Crippen LogP contribution in [0, 0.1) is 6.92 Å². The summed E-state index contributed by atoms with van der Waals surface area (Å²) in [6, 6.07) is 20.1. The van der Waals surface area contributed by atoms with Crippen molar-refractivity contribution >= 4 is 38.9 Å². The molecule has 1 amide bonds. The molecule has 0 saturated heterocycles. The molecule has 7 heteroatoms. The highest BCUT2D eigenvalue weighted by molar-refractivity contribution is 7.92. The molecule has 0 fully saturated rings. The molecule has 0 atom stereocenters. The van der Waals surface area contributed by atoms with Crippen LogP contribution in [0.2, 0.25) is 5.02 Å². The minimum atomic E-state index is -3.95. The van der Waals surface area contributed by atoms with Crippen LogP contribution in [0.5, 0.6) is 0 Å². The number of nitrogens with zero attached hydrogens (tertiary/aromatic N) is 1. The van der Waals surface area contributed by atoms with Crippen molar-refractivity contribution in [2.45, 2.75) is 11.8 Å². The number of carbonyl (C=O) groups excluding carboxylic acids is 1. The molecular formula is C23H21ClN2O3S. The summed E-state index contributed by atoms with van der Waals surface area (Å²) in [5.41, 5.74) is 2.09. The Morgan fingerprint density at radius 2 is 1.73 bits per heavy atom. The van der Waals surface area contributed by atoms with E-state index in [2.05, 4.69) is 11.9 Å². The number of hydrogen-bond acceptors (Lipinski definition) is 3. The minimum Gasteiger partial charge on any atom is -0.322 e. The van der Waals surface area contributed by atoms with Crippen LogP contribution in [0.1, 0.15) is 15.9 Å². The number of nitrogens with one attached hydrogen (secondary N) is 1. The van der Waals surface area contributed by atoms with Crippen LogP contribution in [0.3, 0.4) is 0 Å². The number of hydrogen-bond donors (Lipinski definition) is 1. The van der Waals surface area contributed by atoms with Crippen LogP contribution < -0.4 is 9.62 Å². The summed E-state index contributed by atoms with van der Waals surface area (Å²) in [4.78, 5) is 12.8. The first-order valence-electron chi connectivity index (χ1n) is 9.20. The number of anilines is 2. The monoisotopic (exact) mass is 440 g/mol. The van der Waals surface area contributed by atoms with Crippen molar-refractivity contribution in [1.29, 1.82) is 0 Å². The van der Waals surface area contributed by atoms with E-state index in [9.17, 15) is 13.2 Å². The van der Waals surface area contributed by atoms with E-state index in [1.807, 2.05) is 19.1 Å². The lowest BCUT2D eigenvalue weighted by Crippen LogP contribution is -2.31. The van der Waals surface area contributed by atoms with Gasteiger partial charge in [-0.15, -0.1) is 6.58 Å². The molecule has 0 aromatic heterocycles. The van der Waals surface area contributed by atoms with Gasteiger partial charge in [0.2, 0.25) is 0 Å². The van der Waals surface area contributed by atoms with E-state index in [0.717, 1.165) is 5.56 Å². The average molecular weight is 441 g/mol. The summed E-state index contributed by atoms with van der Waals surface area (Å²) in [6.45, 7) is 5.61. The molecule has 0 aliphatic rings. The number of halogens is 1. The molecule has 0 heterocycles. The molecule has 0 saturated carbocycles. The quantitative estimate of drug-likeness (QED) is 0.508. The van der Waals surface area contributed by atoms with Crippen LogP contribution >= 0.6 is 11.6 Å². The summed E-state index contributed by atoms with van der Waals surface area (Å²) in [6.07, 6.45) is 1.51. The highest BCUT2D eigenvalue weighted by Gasteiger charge is 2.26. The topological polar surface area (TPSA) is 66.5 Å². The van der Waals surface area contributed by atoms with E-state index in [4.69, 9.17) is 11.6 Å². The molecule has 3 aromatic carbocycles. The summed E-state index contributed by atoms with van der Waals surface area (Å²) < 4.78 is 27.9. The fourth-order valence-electron chi connectivity index (χ4n) is 2.92.